The third-order valence-electron chi connectivity index (χ3n) is 27.7. The SMILES string of the molecule is C1=CCCC(c2ccc(-c3ccc4c(c3)c3cc(N(c5ccccc5)c5cc(N(c6ccccc6)c6ccc7c(c6)c6cc(-c8ccc(-c9ccccc9)cc8)ccc6n7-c6ccc(-c7ccccc7)cc6)cc(N(c6ccccc6)c6ccc7c(c6)c6cc(-c8ccc(-c9ccccc9)cc8)ccc6n7-c6ccc(-c7ccccc7)cc6)c5)ccc3n4-c3ccc(-c4ccccc4)cc3)cc2)=C1. The van der Waals surface area contributed by atoms with Gasteiger partial charge < -0.3 is 28.4 Å². The molecule has 25 rings (SSSR count). The van der Waals surface area contributed by atoms with Crippen molar-refractivity contribution in [3.8, 4) is 106 Å². The standard InChI is InChI=1S/C132H92N6/c1-10-28-91(29-11-1)97-46-52-103(53-47-97)106-64-76-127-121(82-106)124-88-115(73-79-130(124)136(127)112-67-58-100(59-68-112)94-34-16-4-17-35-94)133(109-40-22-7-23-41-109)118-85-119(134(110-42-24-8-25-43-110)116-74-80-131-125(89-116)122-83-107(104-54-48-98(49-55-104)92-30-12-2-13-31-92)65-77-128(122)137(131)113-69-60-101(61-70-113)95-36-18-5-19-37-95)87-120(86-118)135(111-44-26-9-27-45-111)117-75-81-132-126(90-117)123-84-108(105-56-50-99(51-57-105)93-32-14-3-15-33-93)66-78-129(123)138(132)114-71-62-102(63-72-114)96-38-20-6-21-39-96/h1-14,16-32,34-90H,15,33H2. The van der Waals surface area contributed by atoms with E-state index in [0.29, 0.717) is 0 Å². The van der Waals surface area contributed by atoms with Gasteiger partial charge in [-0.15, -0.1) is 0 Å². The van der Waals surface area contributed by atoms with E-state index in [1.165, 1.54) is 61.2 Å². The summed E-state index contributed by atoms with van der Waals surface area (Å²) >= 11 is 0. The lowest BCUT2D eigenvalue weighted by molar-refractivity contribution is 1.05. The molecule has 6 heteroatoms. The van der Waals surface area contributed by atoms with E-state index < -0.39 is 0 Å². The maximum Gasteiger partial charge on any atom is 0.0542 e. The van der Waals surface area contributed by atoms with Crippen LogP contribution in [0.15, 0.2) is 534 Å². The quantitative estimate of drug-likeness (QED) is 0.0717. The molecule has 0 unspecified atom stereocenters. The van der Waals surface area contributed by atoms with Crippen molar-refractivity contribution in [1.29, 1.82) is 0 Å². The second kappa shape index (κ2) is 35.5. The molecule has 0 amide bonds. The number of aromatic nitrogens is 3. The predicted octanol–water partition coefficient (Wildman–Crippen LogP) is 36.5. The van der Waals surface area contributed by atoms with Gasteiger partial charge in [-0.25, -0.2) is 0 Å². The number of anilines is 9. The van der Waals surface area contributed by atoms with Crippen LogP contribution >= 0.6 is 0 Å². The number of benzene rings is 21. The Morgan fingerprint density at radius 2 is 0.355 bits per heavy atom. The maximum atomic E-state index is 2.48. The van der Waals surface area contributed by atoms with Crippen LogP contribution in [0.3, 0.4) is 0 Å². The average Bonchev–Trinajstić information content (AvgIpc) is 1.56. The van der Waals surface area contributed by atoms with Crippen molar-refractivity contribution in [1.82, 2.24) is 13.7 Å². The zero-order valence-electron chi connectivity index (χ0n) is 75.9. The van der Waals surface area contributed by atoms with E-state index in [9.17, 15) is 0 Å². The van der Waals surface area contributed by atoms with Crippen molar-refractivity contribution in [2.75, 3.05) is 14.7 Å². The lowest BCUT2D eigenvalue weighted by Crippen LogP contribution is -2.16. The molecular weight excluding hydrogens is 1670 g/mol. The van der Waals surface area contributed by atoms with Gasteiger partial charge in [0.05, 0.1) is 50.2 Å². The van der Waals surface area contributed by atoms with Crippen LogP contribution in [0.1, 0.15) is 18.4 Å². The molecule has 0 aliphatic heterocycles. The second-order valence-electron chi connectivity index (χ2n) is 35.9. The Hall–Kier alpha value is -18.1. The van der Waals surface area contributed by atoms with Gasteiger partial charge in [0.2, 0.25) is 0 Å². The molecule has 0 N–H and O–H groups in total. The van der Waals surface area contributed by atoms with Crippen LogP contribution in [0.2, 0.25) is 0 Å². The zero-order chi connectivity index (χ0) is 91.4. The summed E-state index contributed by atoms with van der Waals surface area (Å²) in [5.74, 6) is 0. The molecule has 0 saturated carbocycles. The number of allylic oxidation sites excluding steroid dienone is 4. The third-order valence-corrected chi connectivity index (χ3v) is 27.7. The maximum absolute atomic E-state index is 2.48. The van der Waals surface area contributed by atoms with Crippen molar-refractivity contribution >= 4 is 122 Å². The summed E-state index contributed by atoms with van der Waals surface area (Å²) < 4.78 is 7.36. The number of hydrogen-bond donors (Lipinski definition) is 0. The fourth-order valence-electron chi connectivity index (χ4n) is 20.9. The highest BCUT2D eigenvalue weighted by molar-refractivity contribution is 6.15. The molecule has 650 valence electrons. The van der Waals surface area contributed by atoms with Crippen LogP contribution in [0.5, 0.6) is 0 Å². The number of rotatable bonds is 21. The molecule has 0 saturated heterocycles. The van der Waals surface area contributed by atoms with Crippen molar-refractivity contribution in [2.45, 2.75) is 12.8 Å². The van der Waals surface area contributed by atoms with Gasteiger partial charge >= 0.3 is 0 Å². The average molecular weight is 1760 g/mol. The Kier molecular flexibility index (Phi) is 21.0. The normalized spacial score (nSPS) is 12.0. The smallest absolute Gasteiger partial charge is 0.0542 e. The summed E-state index contributed by atoms with van der Waals surface area (Å²) in [5, 5.41) is 6.79. The van der Waals surface area contributed by atoms with Crippen LogP contribution in [0, 0.1) is 0 Å². The summed E-state index contributed by atoms with van der Waals surface area (Å²) in [6.07, 6.45) is 8.81. The van der Waals surface area contributed by atoms with Crippen molar-refractivity contribution in [2.24, 2.45) is 0 Å². The Balaban J connectivity index is 0.720. The van der Waals surface area contributed by atoms with Crippen LogP contribution in [-0.4, -0.2) is 13.7 Å². The summed E-state index contributed by atoms with van der Waals surface area (Å²) in [5.41, 5.74) is 39.9. The van der Waals surface area contributed by atoms with E-state index in [1.54, 1.807) is 0 Å². The van der Waals surface area contributed by atoms with E-state index in [-0.39, 0.29) is 0 Å². The van der Waals surface area contributed by atoms with E-state index in [4.69, 9.17) is 0 Å². The monoisotopic (exact) mass is 1760 g/mol. The molecule has 3 heterocycles. The van der Waals surface area contributed by atoms with Gasteiger partial charge in [0.25, 0.3) is 0 Å². The molecular formula is C132H92N6. The Labute approximate surface area is 803 Å². The van der Waals surface area contributed by atoms with Gasteiger partial charge in [0.15, 0.2) is 0 Å². The molecule has 0 spiro atoms. The number of fused-ring (bicyclic) bond motifs is 9. The minimum Gasteiger partial charge on any atom is -0.310 e. The molecule has 0 atom stereocenters. The van der Waals surface area contributed by atoms with Crippen LogP contribution in [0.25, 0.3) is 177 Å². The molecule has 24 aromatic rings. The van der Waals surface area contributed by atoms with E-state index in [1.807, 2.05) is 0 Å². The molecule has 1 aliphatic rings. The van der Waals surface area contributed by atoms with E-state index in [2.05, 4.69) is 562 Å². The predicted molar refractivity (Wildman–Crippen MR) is 583 cm³/mol. The van der Waals surface area contributed by atoms with Crippen LogP contribution < -0.4 is 14.7 Å². The van der Waals surface area contributed by atoms with E-state index in [0.717, 1.165) is 185 Å². The second-order valence-corrected chi connectivity index (χ2v) is 35.9. The minimum absolute atomic E-state index is 0.942. The Morgan fingerprint density at radius 3 is 0.601 bits per heavy atom. The Bertz CT molecular complexity index is 8330. The molecule has 0 fully saturated rings. The summed E-state index contributed by atoms with van der Waals surface area (Å²) in [4.78, 5) is 7.44. The van der Waals surface area contributed by atoms with Gasteiger partial charge in [-0.05, 0) is 295 Å². The molecule has 21 aromatic carbocycles. The molecule has 138 heavy (non-hydrogen) atoms. The van der Waals surface area contributed by atoms with Gasteiger partial charge in [-0.2, -0.15) is 0 Å². The van der Waals surface area contributed by atoms with Crippen LogP contribution in [-0.2, 0) is 0 Å². The molecule has 3 aromatic heterocycles. The molecule has 0 radical (unpaired) electrons. The first-order valence-corrected chi connectivity index (χ1v) is 47.6. The molecule has 0 bridgehead atoms. The highest BCUT2D eigenvalue weighted by Gasteiger charge is 2.28. The first kappa shape index (κ1) is 81.9. The number of para-hydroxylation sites is 3. The third kappa shape index (κ3) is 15.4. The van der Waals surface area contributed by atoms with Gasteiger partial charge in [-0.3, -0.25) is 0 Å². The summed E-state index contributed by atoms with van der Waals surface area (Å²) in [7, 11) is 0. The topological polar surface area (TPSA) is 24.5 Å². The van der Waals surface area contributed by atoms with Crippen LogP contribution in [0.4, 0.5) is 51.2 Å². The Morgan fingerprint density at radius 1 is 0.152 bits per heavy atom. The number of nitrogens with zero attached hydrogens (tertiary/aromatic N) is 6. The first-order chi connectivity index (χ1) is 68.4. The largest absolute Gasteiger partial charge is 0.310 e. The van der Waals surface area contributed by atoms with Crippen molar-refractivity contribution < 1.29 is 0 Å². The number of hydrogen-bond acceptors (Lipinski definition) is 3. The van der Waals surface area contributed by atoms with Gasteiger partial charge in [-0.1, -0.05) is 352 Å². The van der Waals surface area contributed by atoms with Gasteiger partial charge in [0.1, 0.15) is 0 Å². The first-order valence-electron chi connectivity index (χ1n) is 47.6. The van der Waals surface area contributed by atoms with E-state index >= 15 is 0 Å². The highest BCUT2D eigenvalue weighted by atomic mass is 15.2. The zero-order valence-corrected chi connectivity index (χ0v) is 75.9. The lowest BCUT2D eigenvalue weighted by Gasteiger charge is -2.33. The molecule has 6 nitrogen and oxygen atoms in total. The summed E-state index contributed by atoms with van der Waals surface area (Å²) in [6, 6.07) is 191. The molecule has 1 aliphatic carbocycles. The summed E-state index contributed by atoms with van der Waals surface area (Å²) in [6.45, 7) is 0. The fourth-order valence-corrected chi connectivity index (χ4v) is 20.9. The van der Waals surface area contributed by atoms with Crippen molar-refractivity contribution in [3.05, 3.63) is 539 Å². The van der Waals surface area contributed by atoms with Gasteiger partial charge in [0, 0.05) is 83.5 Å². The fraction of sp³-hybridized carbons (Fsp3) is 0.0152. The lowest BCUT2D eigenvalue weighted by atomic mass is 9.95. The minimum atomic E-state index is 0.942. The highest BCUT2D eigenvalue weighted by Crippen LogP contribution is 2.51. The van der Waals surface area contributed by atoms with Crippen molar-refractivity contribution in [3.63, 3.8) is 0 Å².